The Morgan fingerprint density at radius 2 is 1.61 bits per heavy atom. The highest BCUT2D eigenvalue weighted by Gasteiger charge is 2.28. The number of amides is 1. The van der Waals surface area contributed by atoms with Crippen LogP contribution in [-0.2, 0) is 16.1 Å². The second kappa shape index (κ2) is 7.98. The maximum atomic E-state index is 11.9. The minimum absolute atomic E-state index is 0.0960. The molecule has 2 aromatic carbocycles. The third kappa shape index (κ3) is 4.85. The van der Waals surface area contributed by atoms with Gasteiger partial charge in [-0.2, -0.15) is 0 Å². The molecule has 2 rings (SSSR count). The van der Waals surface area contributed by atoms with Crippen LogP contribution in [0.1, 0.15) is 24.0 Å². The number of hydrogen-bond acceptors (Lipinski definition) is 3. The Hall–Kier alpha value is -2.82. The molecule has 0 aliphatic carbocycles. The Balaban J connectivity index is 1.96. The van der Waals surface area contributed by atoms with Gasteiger partial charge >= 0.3 is 12.1 Å². The van der Waals surface area contributed by atoms with E-state index in [2.05, 4.69) is 5.32 Å². The van der Waals surface area contributed by atoms with Crippen LogP contribution >= 0.6 is 0 Å². The summed E-state index contributed by atoms with van der Waals surface area (Å²) in [5.41, 5.74) is 1.67. The Labute approximate surface area is 134 Å². The summed E-state index contributed by atoms with van der Waals surface area (Å²) in [5, 5.41) is 11.8. The topological polar surface area (TPSA) is 75.6 Å². The maximum absolute atomic E-state index is 11.9. The highest BCUT2D eigenvalue weighted by atomic mass is 16.5. The number of rotatable bonds is 6. The van der Waals surface area contributed by atoms with Gasteiger partial charge in [-0.15, -0.1) is 0 Å². The molecule has 2 N–H and O–H groups in total. The van der Waals surface area contributed by atoms with Crippen molar-refractivity contribution in [3.8, 4) is 0 Å². The molecule has 0 heterocycles. The lowest BCUT2D eigenvalue weighted by Crippen LogP contribution is -2.44. The van der Waals surface area contributed by atoms with E-state index in [0.29, 0.717) is 0 Å². The van der Waals surface area contributed by atoms with Crippen molar-refractivity contribution in [3.63, 3.8) is 0 Å². The highest BCUT2D eigenvalue weighted by molar-refractivity contribution is 5.81. The molecule has 0 saturated heterocycles. The van der Waals surface area contributed by atoms with Gasteiger partial charge in [0.15, 0.2) is 0 Å². The average molecular weight is 313 g/mol. The zero-order chi connectivity index (χ0) is 16.7. The van der Waals surface area contributed by atoms with Gasteiger partial charge in [-0.25, -0.2) is 9.59 Å². The fourth-order valence-corrected chi connectivity index (χ4v) is 2.24. The molecule has 0 fully saturated rings. The number of carboxylic acid groups (broad SMARTS) is 1. The van der Waals surface area contributed by atoms with E-state index < -0.39 is 18.1 Å². The van der Waals surface area contributed by atoms with Crippen LogP contribution in [0.15, 0.2) is 60.7 Å². The molecule has 5 nitrogen and oxygen atoms in total. The van der Waals surface area contributed by atoms with Crippen LogP contribution in [-0.4, -0.2) is 23.2 Å². The van der Waals surface area contributed by atoms with Crippen LogP contribution in [0.3, 0.4) is 0 Å². The van der Waals surface area contributed by atoms with Gasteiger partial charge in [0.2, 0.25) is 0 Å². The van der Waals surface area contributed by atoms with Crippen molar-refractivity contribution >= 4 is 12.1 Å². The maximum Gasteiger partial charge on any atom is 0.408 e. The molecule has 2 atom stereocenters. The van der Waals surface area contributed by atoms with Crippen molar-refractivity contribution in [1.29, 1.82) is 0 Å². The van der Waals surface area contributed by atoms with Crippen molar-refractivity contribution in [2.24, 2.45) is 0 Å². The number of carbonyl (C=O) groups excluding carboxylic acids is 1. The molecule has 0 aliphatic heterocycles. The first-order chi connectivity index (χ1) is 11.1. The van der Waals surface area contributed by atoms with E-state index in [4.69, 9.17) is 4.74 Å². The Morgan fingerprint density at radius 1 is 1.04 bits per heavy atom. The largest absolute Gasteiger partial charge is 0.480 e. The highest BCUT2D eigenvalue weighted by Crippen LogP contribution is 2.19. The smallest absolute Gasteiger partial charge is 0.408 e. The number of aliphatic carboxylic acids is 1. The number of carbonyl (C=O) groups is 2. The molecule has 0 aromatic heterocycles. The Morgan fingerprint density at radius 3 is 2.17 bits per heavy atom. The van der Waals surface area contributed by atoms with Gasteiger partial charge in [-0.1, -0.05) is 67.6 Å². The van der Waals surface area contributed by atoms with E-state index in [0.717, 1.165) is 11.1 Å². The monoisotopic (exact) mass is 313 g/mol. The fourth-order valence-electron chi connectivity index (χ4n) is 2.24. The number of benzene rings is 2. The summed E-state index contributed by atoms with van der Waals surface area (Å²) in [6, 6.07) is 17.3. The van der Waals surface area contributed by atoms with Crippen LogP contribution in [0.25, 0.3) is 0 Å². The van der Waals surface area contributed by atoms with Crippen molar-refractivity contribution in [1.82, 2.24) is 5.32 Å². The van der Waals surface area contributed by atoms with Crippen molar-refractivity contribution in [2.45, 2.75) is 25.5 Å². The summed E-state index contributed by atoms with van der Waals surface area (Å²) in [7, 11) is 0. The zero-order valence-corrected chi connectivity index (χ0v) is 12.8. The van der Waals surface area contributed by atoms with E-state index >= 15 is 0 Å². The molecular formula is C18H19NO4. The summed E-state index contributed by atoms with van der Waals surface area (Å²) >= 11 is 0. The summed E-state index contributed by atoms with van der Waals surface area (Å²) in [6.07, 6.45) is -0.746. The van der Waals surface area contributed by atoms with Gasteiger partial charge < -0.3 is 15.2 Å². The third-order valence-corrected chi connectivity index (χ3v) is 3.58. The fraction of sp³-hybridized carbons (Fsp3) is 0.222. The molecule has 2 unspecified atom stereocenters. The molecule has 0 saturated carbocycles. The summed E-state index contributed by atoms with van der Waals surface area (Å²) < 4.78 is 5.08. The van der Waals surface area contributed by atoms with E-state index in [1.165, 1.54) is 0 Å². The third-order valence-electron chi connectivity index (χ3n) is 3.58. The normalized spacial score (nSPS) is 12.9. The van der Waals surface area contributed by atoms with Crippen molar-refractivity contribution in [2.75, 3.05) is 0 Å². The van der Waals surface area contributed by atoms with Gasteiger partial charge in [0, 0.05) is 5.92 Å². The van der Waals surface area contributed by atoms with E-state index in [1.807, 2.05) is 60.7 Å². The SMILES string of the molecule is CC(c1ccccc1)C(NC(=O)OCc1ccccc1)C(=O)O. The van der Waals surface area contributed by atoms with E-state index in [1.54, 1.807) is 6.92 Å². The zero-order valence-electron chi connectivity index (χ0n) is 12.8. The minimum atomic E-state index is -1.10. The molecule has 120 valence electrons. The van der Waals surface area contributed by atoms with E-state index in [9.17, 15) is 14.7 Å². The van der Waals surface area contributed by atoms with E-state index in [-0.39, 0.29) is 12.5 Å². The summed E-state index contributed by atoms with van der Waals surface area (Å²) in [6.45, 7) is 1.85. The standard InChI is InChI=1S/C18H19NO4/c1-13(15-10-6-3-7-11-15)16(17(20)21)19-18(22)23-12-14-8-4-2-5-9-14/h2-11,13,16H,12H2,1H3,(H,19,22)(H,20,21). The first-order valence-corrected chi connectivity index (χ1v) is 7.33. The molecule has 5 heteroatoms. The quantitative estimate of drug-likeness (QED) is 0.859. The second-order valence-corrected chi connectivity index (χ2v) is 5.22. The first kappa shape index (κ1) is 16.5. The van der Waals surface area contributed by atoms with Crippen LogP contribution < -0.4 is 5.32 Å². The molecule has 2 aromatic rings. The number of alkyl carbamates (subject to hydrolysis) is 1. The number of carboxylic acids is 1. The molecule has 0 spiro atoms. The van der Waals surface area contributed by atoms with Crippen LogP contribution in [0.4, 0.5) is 4.79 Å². The van der Waals surface area contributed by atoms with Gasteiger partial charge in [0.05, 0.1) is 0 Å². The van der Waals surface area contributed by atoms with Crippen LogP contribution in [0, 0.1) is 0 Å². The lowest BCUT2D eigenvalue weighted by molar-refractivity contribution is -0.139. The number of nitrogens with one attached hydrogen (secondary N) is 1. The second-order valence-electron chi connectivity index (χ2n) is 5.22. The molecule has 1 amide bonds. The van der Waals surface area contributed by atoms with Gasteiger partial charge in [0.1, 0.15) is 12.6 Å². The predicted octanol–water partition coefficient (Wildman–Crippen LogP) is 3.17. The van der Waals surface area contributed by atoms with Gasteiger partial charge in [-0.3, -0.25) is 0 Å². The van der Waals surface area contributed by atoms with Crippen LogP contribution in [0.5, 0.6) is 0 Å². The number of hydrogen-bond donors (Lipinski definition) is 2. The van der Waals surface area contributed by atoms with Crippen molar-refractivity contribution in [3.05, 3.63) is 71.8 Å². The lowest BCUT2D eigenvalue weighted by Gasteiger charge is -2.21. The average Bonchev–Trinajstić information content (AvgIpc) is 2.58. The molecule has 0 bridgehead atoms. The Kier molecular flexibility index (Phi) is 5.74. The number of ether oxygens (including phenoxy) is 1. The predicted molar refractivity (Wildman–Crippen MR) is 86.0 cm³/mol. The molecule has 0 aliphatic rings. The first-order valence-electron chi connectivity index (χ1n) is 7.33. The molecule has 23 heavy (non-hydrogen) atoms. The summed E-state index contributed by atoms with van der Waals surface area (Å²) in [4.78, 5) is 23.3. The van der Waals surface area contributed by atoms with Crippen molar-refractivity contribution < 1.29 is 19.4 Å². The lowest BCUT2D eigenvalue weighted by atomic mass is 9.93. The Bertz CT molecular complexity index is 643. The van der Waals surface area contributed by atoms with Gasteiger partial charge in [0.25, 0.3) is 0 Å². The summed E-state index contributed by atoms with van der Waals surface area (Å²) in [5.74, 6) is -1.48. The molecule has 0 radical (unpaired) electrons. The minimum Gasteiger partial charge on any atom is -0.480 e. The van der Waals surface area contributed by atoms with Crippen LogP contribution in [0.2, 0.25) is 0 Å². The molecular weight excluding hydrogens is 294 g/mol. The van der Waals surface area contributed by atoms with Gasteiger partial charge in [-0.05, 0) is 11.1 Å².